The Kier molecular flexibility index (Phi) is 6.29. The van der Waals surface area contributed by atoms with Crippen LogP contribution in [0.15, 0.2) is 205 Å². The van der Waals surface area contributed by atoms with Gasteiger partial charge in [0.05, 0.1) is 11.1 Å². The summed E-state index contributed by atoms with van der Waals surface area (Å²) in [6.45, 7) is 0. The minimum absolute atomic E-state index is 0.419. The normalized spacial score (nSPS) is 13.2. The molecule has 1 heterocycles. The number of hydrogen-bond acceptors (Lipinski definition) is 2. The second kappa shape index (κ2) is 11.4. The molecule has 0 N–H and O–H groups in total. The van der Waals surface area contributed by atoms with Crippen LogP contribution in [0, 0.1) is 0 Å². The van der Waals surface area contributed by atoms with Gasteiger partial charge in [-0.15, -0.1) is 0 Å². The fourth-order valence-corrected chi connectivity index (χ4v) is 9.94. The number of nitrogens with zero attached hydrogens (tertiary/aromatic N) is 1. The lowest BCUT2D eigenvalue weighted by Gasteiger charge is -2.31. The van der Waals surface area contributed by atoms with Gasteiger partial charge in [0, 0.05) is 33.8 Å². The van der Waals surface area contributed by atoms with Crippen molar-refractivity contribution in [2.45, 2.75) is 5.41 Å². The first-order valence-electron chi connectivity index (χ1n) is 19.0. The Labute approximate surface area is 319 Å². The molecule has 10 aromatic rings. The van der Waals surface area contributed by atoms with Crippen molar-refractivity contribution in [2.75, 3.05) is 4.90 Å². The van der Waals surface area contributed by atoms with Crippen LogP contribution < -0.4 is 4.90 Å². The van der Waals surface area contributed by atoms with Crippen LogP contribution >= 0.6 is 0 Å². The Bertz CT molecular complexity index is 3110. The predicted octanol–water partition coefficient (Wildman–Crippen LogP) is 14.2. The van der Waals surface area contributed by atoms with Crippen LogP contribution in [0.1, 0.15) is 22.3 Å². The van der Waals surface area contributed by atoms with E-state index in [1.807, 2.05) is 0 Å². The second-order valence-corrected chi connectivity index (χ2v) is 14.7. The van der Waals surface area contributed by atoms with Crippen LogP contribution in [0.3, 0.4) is 0 Å². The highest BCUT2D eigenvalue weighted by Crippen LogP contribution is 2.64. The summed E-state index contributed by atoms with van der Waals surface area (Å²) in [5, 5.41) is 4.69. The number of fused-ring (bicyclic) bond motifs is 15. The zero-order valence-corrected chi connectivity index (χ0v) is 29.9. The van der Waals surface area contributed by atoms with Crippen molar-refractivity contribution in [1.29, 1.82) is 0 Å². The summed E-state index contributed by atoms with van der Waals surface area (Å²) in [5.41, 5.74) is 17.5. The highest BCUT2D eigenvalue weighted by atomic mass is 16.3. The fraction of sp³-hybridized carbons (Fsp3) is 0.0189. The lowest BCUT2D eigenvalue weighted by molar-refractivity contribution is 0.669. The van der Waals surface area contributed by atoms with Crippen molar-refractivity contribution in [2.24, 2.45) is 0 Å². The lowest BCUT2D eigenvalue weighted by atomic mass is 9.70. The number of para-hydroxylation sites is 1. The highest BCUT2D eigenvalue weighted by molar-refractivity contribution is 6.22. The molecular formula is C53H33NO. The molecule has 1 aromatic heterocycles. The average molecular weight is 700 g/mol. The summed E-state index contributed by atoms with van der Waals surface area (Å²) < 4.78 is 6.86. The first-order valence-corrected chi connectivity index (χ1v) is 19.0. The molecule has 256 valence electrons. The number of rotatable bonds is 4. The van der Waals surface area contributed by atoms with E-state index in [9.17, 15) is 0 Å². The minimum atomic E-state index is -0.419. The Balaban J connectivity index is 1.12. The molecule has 2 aliphatic rings. The molecule has 9 aromatic carbocycles. The molecule has 0 radical (unpaired) electrons. The predicted molar refractivity (Wildman–Crippen MR) is 228 cm³/mol. The molecule has 0 amide bonds. The average Bonchev–Trinajstić information content (AvgIpc) is 3.88. The summed E-state index contributed by atoms with van der Waals surface area (Å²) in [6.07, 6.45) is 0. The molecule has 0 unspecified atom stereocenters. The summed E-state index contributed by atoms with van der Waals surface area (Å²) in [5.74, 6) is 0. The van der Waals surface area contributed by atoms with Crippen molar-refractivity contribution in [3.63, 3.8) is 0 Å². The SMILES string of the molecule is c1ccc(-c2cc3oc4cc(N(c5ccccc5)c5cccc6c5-c5ccccc5C65c6ccccc6-c6ccccc65)ccc4c3c3ccccc23)cc1. The monoisotopic (exact) mass is 699 g/mol. The fourth-order valence-electron chi connectivity index (χ4n) is 9.94. The van der Waals surface area contributed by atoms with Gasteiger partial charge >= 0.3 is 0 Å². The summed E-state index contributed by atoms with van der Waals surface area (Å²) >= 11 is 0. The molecule has 0 bridgehead atoms. The van der Waals surface area contributed by atoms with Crippen molar-refractivity contribution >= 4 is 49.8 Å². The van der Waals surface area contributed by atoms with Crippen LogP contribution in [0.2, 0.25) is 0 Å². The molecule has 0 saturated heterocycles. The van der Waals surface area contributed by atoms with E-state index < -0.39 is 5.41 Å². The Morgan fingerprint density at radius 2 is 0.945 bits per heavy atom. The molecule has 0 fully saturated rings. The van der Waals surface area contributed by atoms with Crippen molar-refractivity contribution < 1.29 is 4.42 Å². The van der Waals surface area contributed by atoms with Crippen molar-refractivity contribution in [1.82, 2.24) is 0 Å². The zero-order valence-electron chi connectivity index (χ0n) is 29.9. The quantitative estimate of drug-likeness (QED) is 0.182. The minimum Gasteiger partial charge on any atom is -0.456 e. The first-order chi connectivity index (χ1) is 27.3. The molecule has 0 saturated carbocycles. The molecule has 0 aliphatic heterocycles. The van der Waals surface area contributed by atoms with E-state index >= 15 is 0 Å². The van der Waals surface area contributed by atoms with E-state index in [4.69, 9.17) is 4.42 Å². The Morgan fingerprint density at radius 3 is 1.67 bits per heavy atom. The van der Waals surface area contributed by atoms with Gasteiger partial charge in [-0.05, 0) is 97.2 Å². The van der Waals surface area contributed by atoms with E-state index in [1.54, 1.807) is 0 Å². The van der Waals surface area contributed by atoms with Gasteiger partial charge in [0.1, 0.15) is 11.2 Å². The largest absolute Gasteiger partial charge is 0.456 e. The molecule has 12 rings (SSSR count). The van der Waals surface area contributed by atoms with Gasteiger partial charge in [0.2, 0.25) is 0 Å². The van der Waals surface area contributed by atoms with Gasteiger partial charge in [-0.25, -0.2) is 0 Å². The standard InChI is InChI=1S/C53H33NO/c1-3-16-34(17-4-1)43-33-50-51(40-23-8-7-20-37(40)43)42-31-30-36(32-49(42)55-50)54(35-18-5-2-6-19-35)48-29-15-28-47-52(48)41-24-11-14-27-46(41)53(47)44-25-12-9-21-38(44)39-22-10-13-26-45(39)53/h1-33H. The number of hydrogen-bond donors (Lipinski definition) is 0. The maximum Gasteiger partial charge on any atom is 0.137 e. The van der Waals surface area contributed by atoms with Gasteiger partial charge in [0.25, 0.3) is 0 Å². The number of anilines is 3. The smallest absolute Gasteiger partial charge is 0.137 e. The van der Waals surface area contributed by atoms with Crippen LogP contribution in [0.4, 0.5) is 17.1 Å². The van der Waals surface area contributed by atoms with E-state index in [2.05, 4.69) is 205 Å². The molecular weight excluding hydrogens is 667 g/mol. The molecule has 2 heteroatoms. The van der Waals surface area contributed by atoms with E-state index in [1.165, 1.54) is 66.4 Å². The van der Waals surface area contributed by atoms with Crippen LogP contribution in [-0.4, -0.2) is 0 Å². The van der Waals surface area contributed by atoms with Crippen molar-refractivity contribution in [3.05, 3.63) is 222 Å². The third kappa shape index (κ3) is 4.08. The first kappa shape index (κ1) is 30.3. The maximum absolute atomic E-state index is 6.86. The maximum atomic E-state index is 6.86. The van der Waals surface area contributed by atoms with Crippen molar-refractivity contribution in [3.8, 4) is 33.4 Å². The van der Waals surface area contributed by atoms with Crippen LogP contribution in [0.25, 0.3) is 66.1 Å². The molecule has 0 atom stereocenters. The second-order valence-electron chi connectivity index (χ2n) is 14.7. The van der Waals surface area contributed by atoms with Gasteiger partial charge in [-0.1, -0.05) is 158 Å². The van der Waals surface area contributed by atoms with E-state index in [-0.39, 0.29) is 0 Å². The number of furan rings is 1. The third-order valence-corrected chi connectivity index (χ3v) is 12.1. The van der Waals surface area contributed by atoms with Gasteiger partial charge in [-0.3, -0.25) is 0 Å². The van der Waals surface area contributed by atoms with Crippen LogP contribution in [0.5, 0.6) is 0 Å². The topological polar surface area (TPSA) is 16.4 Å². The molecule has 2 nitrogen and oxygen atoms in total. The zero-order chi connectivity index (χ0) is 36.1. The van der Waals surface area contributed by atoms with Gasteiger partial charge < -0.3 is 9.32 Å². The number of benzene rings is 9. The van der Waals surface area contributed by atoms with E-state index in [0.29, 0.717) is 0 Å². The Morgan fingerprint density at radius 1 is 0.364 bits per heavy atom. The van der Waals surface area contributed by atoms with Gasteiger partial charge in [-0.2, -0.15) is 0 Å². The van der Waals surface area contributed by atoms with Crippen LogP contribution in [-0.2, 0) is 5.41 Å². The Hall–Kier alpha value is -7.16. The van der Waals surface area contributed by atoms with Gasteiger partial charge in [0.15, 0.2) is 0 Å². The van der Waals surface area contributed by atoms with E-state index in [0.717, 1.165) is 39.0 Å². The third-order valence-electron chi connectivity index (χ3n) is 12.1. The highest BCUT2D eigenvalue weighted by Gasteiger charge is 2.52. The summed E-state index contributed by atoms with van der Waals surface area (Å²) in [4.78, 5) is 2.42. The molecule has 55 heavy (non-hydrogen) atoms. The molecule has 2 aliphatic carbocycles. The lowest BCUT2D eigenvalue weighted by Crippen LogP contribution is -2.26. The summed E-state index contributed by atoms with van der Waals surface area (Å²) in [7, 11) is 0. The molecule has 1 spiro atoms. The summed E-state index contributed by atoms with van der Waals surface area (Å²) in [6, 6.07) is 73.0.